The van der Waals surface area contributed by atoms with E-state index in [1.54, 1.807) is 12.3 Å². The van der Waals surface area contributed by atoms with Crippen molar-refractivity contribution in [3.63, 3.8) is 0 Å². The van der Waals surface area contributed by atoms with Gasteiger partial charge in [0.15, 0.2) is 0 Å². The van der Waals surface area contributed by atoms with Gasteiger partial charge in [0.2, 0.25) is 0 Å². The Morgan fingerprint density at radius 3 is 2.57 bits per heavy atom. The lowest BCUT2D eigenvalue weighted by Crippen LogP contribution is -2.52. The van der Waals surface area contributed by atoms with Gasteiger partial charge < -0.3 is 9.88 Å². The smallest absolute Gasteiger partial charge is 0.285 e. The molecule has 0 unspecified atom stereocenters. The molecule has 0 bridgehead atoms. The van der Waals surface area contributed by atoms with Gasteiger partial charge in [0, 0.05) is 54.5 Å². The Hall–Kier alpha value is -2.38. The second-order valence-electron chi connectivity index (χ2n) is 7.16. The molecule has 156 valence electrons. The van der Waals surface area contributed by atoms with Crippen molar-refractivity contribution in [1.82, 2.24) is 25.3 Å². The Morgan fingerprint density at radius 2 is 1.83 bits per heavy atom. The third-order valence-electron chi connectivity index (χ3n) is 5.06. The van der Waals surface area contributed by atoms with Crippen molar-refractivity contribution in [3.05, 3.63) is 81.9 Å². The number of aromatic nitrogens is 2. The van der Waals surface area contributed by atoms with Crippen LogP contribution in [0.3, 0.4) is 0 Å². The summed E-state index contributed by atoms with van der Waals surface area (Å²) in [5.74, 6) is 0.607. The van der Waals surface area contributed by atoms with Crippen LogP contribution < -0.4 is 10.7 Å². The number of benzene rings is 2. The summed E-state index contributed by atoms with van der Waals surface area (Å²) in [5.41, 5.74) is 5.31. The summed E-state index contributed by atoms with van der Waals surface area (Å²) in [7, 11) is 0. The van der Waals surface area contributed by atoms with Crippen LogP contribution in [0.1, 0.15) is 21.9 Å². The molecule has 1 amide bonds. The Balaban J connectivity index is 1.56. The van der Waals surface area contributed by atoms with E-state index in [1.165, 1.54) is 0 Å². The standard InChI is InChI=1S/C22H23Cl2N5O/c23-17-8-6-16(19(24)14-17)7-9-21-26-20(15-29(21)18-4-2-1-3-5-18)22(30)27-28-12-10-25-11-13-28/h1-6,8,14-15,25H,7,9-13H2,(H,27,30). The predicted octanol–water partition coefficient (Wildman–Crippen LogP) is 3.51. The maximum atomic E-state index is 12.8. The van der Waals surface area contributed by atoms with Crippen molar-refractivity contribution in [2.45, 2.75) is 12.8 Å². The first-order valence-electron chi connectivity index (χ1n) is 9.94. The van der Waals surface area contributed by atoms with E-state index in [0.717, 1.165) is 43.3 Å². The Morgan fingerprint density at radius 1 is 1.07 bits per heavy atom. The quantitative estimate of drug-likeness (QED) is 0.611. The molecule has 4 rings (SSSR count). The lowest BCUT2D eigenvalue weighted by molar-refractivity contribution is 0.0760. The van der Waals surface area contributed by atoms with Gasteiger partial charge in [0.1, 0.15) is 11.5 Å². The number of hydrogen-bond acceptors (Lipinski definition) is 4. The van der Waals surface area contributed by atoms with Crippen LogP contribution in [0.15, 0.2) is 54.7 Å². The number of nitrogens with one attached hydrogen (secondary N) is 2. The summed E-state index contributed by atoms with van der Waals surface area (Å²) in [6, 6.07) is 15.4. The fourth-order valence-electron chi connectivity index (χ4n) is 3.46. The van der Waals surface area contributed by atoms with Crippen molar-refractivity contribution in [1.29, 1.82) is 0 Å². The van der Waals surface area contributed by atoms with Gasteiger partial charge >= 0.3 is 0 Å². The van der Waals surface area contributed by atoms with Gasteiger partial charge in [-0.15, -0.1) is 0 Å². The van der Waals surface area contributed by atoms with Crippen LogP contribution >= 0.6 is 23.2 Å². The molecule has 2 aromatic carbocycles. The van der Waals surface area contributed by atoms with Crippen LogP contribution in [-0.2, 0) is 12.8 Å². The molecular formula is C22H23Cl2N5O. The van der Waals surface area contributed by atoms with E-state index in [2.05, 4.69) is 15.7 Å². The molecule has 0 saturated carbocycles. The summed E-state index contributed by atoms with van der Waals surface area (Å²) in [6.45, 7) is 3.25. The van der Waals surface area contributed by atoms with E-state index >= 15 is 0 Å². The second kappa shape index (κ2) is 9.62. The fourth-order valence-corrected chi connectivity index (χ4v) is 3.97. The maximum Gasteiger partial charge on any atom is 0.285 e. The molecule has 1 saturated heterocycles. The first kappa shape index (κ1) is 20.9. The van der Waals surface area contributed by atoms with Crippen LogP contribution in [0.2, 0.25) is 10.0 Å². The van der Waals surface area contributed by atoms with Crippen molar-refractivity contribution in [2.75, 3.05) is 26.2 Å². The van der Waals surface area contributed by atoms with Gasteiger partial charge in [-0.25, -0.2) is 9.99 Å². The topological polar surface area (TPSA) is 62.2 Å². The number of nitrogens with zero attached hydrogens (tertiary/aromatic N) is 3. The van der Waals surface area contributed by atoms with E-state index < -0.39 is 0 Å². The normalized spacial score (nSPS) is 14.6. The number of hydrogen-bond donors (Lipinski definition) is 2. The average Bonchev–Trinajstić information content (AvgIpc) is 3.19. The molecule has 1 aliphatic heterocycles. The molecule has 2 N–H and O–H groups in total. The Labute approximate surface area is 185 Å². The monoisotopic (exact) mass is 443 g/mol. The van der Waals surface area contributed by atoms with Crippen LogP contribution in [0.5, 0.6) is 0 Å². The van der Waals surface area contributed by atoms with Gasteiger partial charge in [-0.05, 0) is 36.2 Å². The van der Waals surface area contributed by atoms with Crippen LogP contribution in [-0.4, -0.2) is 46.6 Å². The zero-order chi connectivity index (χ0) is 20.9. The molecule has 1 aromatic heterocycles. The largest absolute Gasteiger partial charge is 0.314 e. The minimum atomic E-state index is -0.197. The molecular weight excluding hydrogens is 421 g/mol. The first-order valence-corrected chi connectivity index (χ1v) is 10.7. The van der Waals surface area contributed by atoms with E-state index in [9.17, 15) is 4.79 Å². The molecule has 0 radical (unpaired) electrons. The summed E-state index contributed by atoms with van der Waals surface area (Å²) in [4.78, 5) is 17.4. The van der Waals surface area contributed by atoms with E-state index in [-0.39, 0.29) is 5.91 Å². The van der Waals surface area contributed by atoms with Crippen LogP contribution in [0.25, 0.3) is 5.69 Å². The molecule has 1 fully saturated rings. The summed E-state index contributed by atoms with van der Waals surface area (Å²) in [5, 5.41) is 6.44. The van der Waals surface area contributed by atoms with Gasteiger partial charge in [-0.2, -0.15) is 0 Å². The average molecular weight is 444 g/mol. The van der Waals surface area contributed by atoms with Crippen molar-refractivity contribution in [3.8, 4) is 5.69 Å². The number of carbonyl (C=O) groups excluding carboxylic acids is 1. The summed E-state index contributed by atoms with van der Waals surface area (Å²) >= 11 is 12.3. The number of piperazine rings is 1. The highest BCUT2D eigenvalue weighted by molar-refractivity contribution is 6.35. The Kier molecular flexibility index (Phi) is 6.69. The third-order valence-corrected chi connectivity index (χ3v) is 5.64. The molecule has 0 atom stereocenters. The van der Waals surface area contributed by atoms with Gasteiger partial charge in [0.25, 0.3) is 5.91 Å². The van der Waals surface area contributed by atoms with Crippen LogP contribution in [0.4, 0.5) is 0 Å². The highest BCUT2D eigenvalue weighted by Crippen LogP contribution is 2.23. The molecule has 6 nitrogen and oxygen atoms in total. The maximum absolute atomic E-state index is 12.8. The summed E-state index contributed by atoms with van der Waals surface area (Å²) in [6.07, 6.45) is 3.13. The number of halogens is 2. The van der Waals surface area contributed by atoms with Gasteiger partial charge in [0.05, 0.1) is 0 Å². The molecule has 0 spiro atoms. The van der Waals surface area contributed by atoms with E-state index in [4.69, 9.17) is 23.2 Å². The minimum absolute atomic E-state index is 0.197. The fraction of sp³-hybridized carbons (Fsp3) is 0.273. The lowest BCUT2D eigenvalue weighted by Gasteiger charge is -2.27. The highest BCUT2D eigenvalue weighted by atomic mass is 35.5. The predicted molar refractivity (Wildman–Crippen MR) is 119 cm³/mol. The molecule has 3 aromatic rings. The van der Waals surface area contributed by atoms with Crippen LogP contribution in [0, 0.1) is 0 Å². The minimum Gasteiger partial charge on any atom is -0.314 e. The van der Waals surface area contributed by atoms with Crippen molar-refractivity contribution in [2.24, 2.45) is 0 Å². The number of aryl methyl sites for hydroxylation is 2. The molecule has 0 aliphatic carbocycles. The van der Waals surface area contributed by atoms with Crippen molar-refractivity contribution >= 4 is 29.1 Å². The highest BCUT2D eigenvalue weighted by Gasteiger charge is 2.19. The summed E-state index contributed by atoms with van der Waals surface area (Å²) < 4.78 is 1.97. The molecule has 1 aliphatic rings. The third kappa shape index (κ3) is 5.02. The SMILES string of the molecule is O=C(NN1CCNCC1)c1cn(-c2ccccc2)c(CCc2ccc(Cl)cc2Cl)n1. The number of amides is 1. The number of imidazole rings is 1. The zero-order valence-electron chi connectivity index (χ0n) is 16.4. The van der Waals surface area contributed by atoms with E-state index in [0.29, 0.717) is 28.6 Å². The second-order valence-corrected chi connectivity index (χ2v) is 8.01. The van der Waals surface area contributed by atoms with E-state index in [1.807, 2.05) is 52.0 Å². The first-order chi connectivity index (χ1) is 14.6. The zero-order valence-corrected chi connectivity index (χ0v) is 18.0. The van der Waals surface area contributed by atoms with Gasteiger partial charge in [-0.3, -0.25) is 10.2 Å². The number of carbonyl (C=O) groups is 1. The molecule has 30 heavy (non-hydrogen) atoms. The van der Waals surface area contributed by atoms with Gasteiger partial charge in [-0.1, -0.05) is 47.5 Å². The number of rotatable bonds is 6. The number of para-hydroxylation sites is 1. The van der Waals surface area contributed by atoms with Crippen molar-refractivity contribution < 1.29 is 4.79 Å². The Bertz CT molecular complexity index is 1020. The molecule has 8 heteroatoms. The lowest BCUT2D eigenvalue weighted by atomic mass is 10.1. The molecule has 2 heterocycles. The number of hydrazine groups is 1.